The number of hydrogen-bond donors (Lipinski definition) is 0. The molecule has 3 aliphatic rings. The molecular formula is C18H22N2OS. The molecule has 0 N–H and O–H groups in total. The van der Waals surface area contributed by atoms with E-state index in [1.165, 1.54) is 25.9 Å². The van der Waals surface area contributed by atoms with Crippen molar-refractivity contribution in [2.45, 2.75) is 38.6 Å². The van der Waals surface area contributed by atoms with Crippen molar-refractivity contribution >= 4 is 27.2 Å². The number of Topliss-reactive ketones (excluding diaryl/α,β-unsaturated/α-hetero) is 1. The predicted octanol–water partition coefficient (Wildman–Crippen LogP) is 3.99. The summed E-state index contributed by atoms with van der Waals surface area (Å²) in [4.78, 5) is 19.7. The van der Waals surface area contributed by atoms with Gasteiger partial charge in [-0.25, -0.2) is 0 Å². The zero-order chi connectivity index (χ0) is 15.3. The third-order valence-electron chi connectivity index (χ3n) is 5.86. The molecule has 3 aliphatic heterocycles. The number of carbonyl (C=O) groups excluding carboxylic acids is 1. The molecule has 0 saturated carbocycles. The maximum Gasteiger partial charge on any atom is 0.181 e. The van der Waals surface area contributed by atoms with Crippen LogP contribution in [0.4, 0.5) is 0 Å². The number of thiophene rings is 1. The molecule has 0 aromatic carbocycles. The lowest BCUT2D eigenvalue weighted by molar-refractivity contribution is -0.0644. The molecule has 4 heteroatoms. The van der Waals surface area contributed by atoms with Crippen LogP contribution in [0, 0.1) is 11.8 Å². The second-order valence-corrected chi connectivity index (χ2v) is 8.19. The van der Waals surface area contributed by atoms with Crippen LogP contribution in [0.3, 0.4) is 0 Å². The Balaban J connectivity index is 1.58. The van der Waals surface area contributed by atoms with Crippen molar-refractivity contribution in [2.24, 2.45) is 11.8 Å². The quantitative estimate of drug-likeness (QED) is 0.803. The Hall–Kier alpha value is -1.26. The summed E-state index contributed by atoms with van der Waals surface area (Å²) in [6.07, 6.45) is 4.97. The van der Waals surface area contributed by atoms with Crippen LogP contribution >= 0.6 is 11.3 Å². The number of carbonyl (C=O) groups is 1. The normalized spacial score (nSPS) is 29.8. The molecule has 0 spiro atoms. The van der Waals surface area contributed by atoms with Gasteiger partial charge >= 0.3 is 0 Å². The van der Waals surface area contributed by atoms with Gasteiger partial charge in [0, 0.05) is 18.2 Å². The number of pyridine rings is 1. The van der Waals surface area contributed by atoms with Crippen molar-refractivity contribution in [1.29, 1.82) is 0 Å². The molecule has 5 rings (SSSR count). The third-order valence-corrected chi connectivity index (χ3v) is 6.73. The van der Waals surface area contributed by atoms with Gasteiger partial charge in [0.25, 0.3) is 0 Å². The maximum absolute atomic E-state index is 12.8. The summed E-state index contributed by atoms with van der Waals surface area (Å²) < 4.78 is 1.15. The molecule has 3 nitrogen and oxygen atoms in total. The highest BCUT2D eigenvalue weighted by atomic mass is 32.1. The van der Waals surface area contributed by atoms with Crippen molar-refractivity contribution in [2.75, 3.05) is 13.1 Å². The van der Waals surface area contributed by atoms with Crippen molar-refractivity contribution in [3.05, 3.63) is 29.4 Å². The van der Waals surface area contributed by atoms with Gasteiger partial charge in [0.1, 0.15) is 5.69 Å². The number of fused-ring (bicyclic) bond motifs is 4. The smallest absolute Gasteiger partial charge is 0.181 e. The Morgan fingerprint density at radius 1 is 1.41 bits per heavy atom. The third kappa shape index (κ3) is 2.20. The molecule has 0 amide bonds. The van der Waals surface area contributed by atoms with E-state index in [1.54, 1.807) is 11.3 Å². The van der Waals surface area contributed by atoms with Gasteiger partial charge in [-0.15, -0.1) is 11.3 Å². The molecular weight excluding hydrogens is 292 g/mol. The van der Waals surface area contributed by atoms with E-state index in [0.29, 0.717) is 24.0 Å². The summed E-state index contributed by atoms with van der Waals surface area (Å²) >= 11 is 1.67. The number of ketones is 1. The Labute approximate surface area is 135 Å². The molecule has 2 bridgehead atoms. The fourth-order valence-electron chi connectivity index (χ4n) is 4.43. The van der Waals surface area contributed by atoms with Crippen LogP contribution in [0.5, 0.6) is 0 Å². The van der Waals surface area contributed by atoms with Crippen molar-refractivity contribution in [1.82, 2.24) is 9.88 Å². The summed E-state index contributed by atoms with van der Waals surface area (Å²) in [7, 11) is 0. The van der Waals surface area contributed by atoms with E-state index in [1.807, 2.05) is 12.3 Å². The van der Waals surface area contributed by atoms with Gasteiger partial charge < -0.3 is 0 Å². The van der Waals surface area contributed by atoms with Gasteiger partial charge in [-0.3, -0.25) is 14.7 Å². The van der Waals surface area contributed by atoms with Crippen molar-refractivity contribution in [3.8, 4) is 0 Å². The van der Waals surface area contributed by atoms with Crippen LogP contribution in [0.2, 0.25) is 0 Å². The Morgan fingerprint density at radius 2 is 2.18 bits per heavy atom. The Bertz CT molecular complexity index is 713. The second kappa shape index (κ2) is 5.14. The van der Waals surface area contributed by atoms with E-state index in [9.17, 15) is 4.79 Å². The van der Waals surface area contributed by atoms with Gasteiger partial charge in [-0.2, -0.15) is 0 Å². The summed E-state index contributed by atoms with van der Waals surface area (Å²) in [5.74, 6) is 1.37. The van der Waals surface area contributed by atoms with Gasteiger partial charge in [0.05, 0.1) is 4.70 Å². The van der Waals surface area contributed by atoms with Gasteiger partial charge in [-0.1, -0.05) is 0 Å². The highest BCUT2D eigenvalue weighted by Crippen LogP contribution is 2.45. The number of nitrogens with zero attached hydrogens (tertiary/aromatic N) is 2. The molecule has 5 heterocycles. The molecule has 22 heavy (non-hydrogen) atoms. The van der Waals surface area contributed by atoms with Crippen molar-refractivity contribution < 1.29 is 4.79 Å². The van der Waals surface area contributed by atoms with Crippen LogP contribution in [0.15, 0.2) is 23.7 Å². The number of aromatic nitrogens is 1. The minimum Gasteiger partial charge on any atom is -0.298 e. The first-order valence-corrected chi connectivity index (χ1v) is 9.05. The highest BCUT2D eigenvalue weighted by molar-refractivity contribution is 7.17. The van der Waals surface area contributed by atoms with Crippen LogP contribution in [-0.4, -0.2) is 34.3 Å². The first-order chi connectivity index (χ1) is 10.6. The van der Waals surface area contributed by atoms with E-state index in [-0.39, 0.29) is 11.3 Å². The molecule has 3 fully saturated rings. The monoisotopic (exact) mass is 314 g/mol. The number of hydrogen-bond acceptors (Lipinski definition) is 4. The molecule has 3 saturated heterocycles. The Kier molecular flexibility index (Phi) is 3.35. The molecule has 1 atom stereocenters. The summed E-state index contributed by atoms with van der Waals surface area (Å²) in [6, 6.07) is 4.03. The molecule has 2 aromatic rings. The average molecular weight is 314 g/mol. The van der Waals surface area contributed by atoms with Crippen LogP contribution in [0.25, 0.3) is 10.1 Å². The molecule has 0 aliphatic carbocycles. The first kappa shape index (κ1) is 14.3. The largest absolute Gasteiger partial charge is 0.298 e. The van der Waals surface area contributed by atoms with Crippen molar-refractivity contribution in [3.63, 3.8) is 0 Å². The predicted molar refractivity (Wildman–Crippen MR) is 90.4 cm³/mol. The van der Waals surface area contributed by atoms with E-state index < -0.39 is 0 Å². The Morgan fingerprint density at radius 3 is 2.91 bits per heavy atom. The minimum atomic E-state index is 0.142. The second-order valence-electron chi connectivity index (χ2n) is 7.24. The molecule has 0 radical (unpaired) electrons. The zero-order valence-electron chi connectivity index (χ0n) is 13.2. The molecule has 0 unspecified atom stereocenters. The van der Waals surface area contributed by atoms with E-state index in [0.717, 1.165) is 10.1 Å². The maximum atomic E-state index is 12.8. The van der Waals surface area contributed by atoms with Crippen LogP contribution in [-0.2, 0) is 0 Å². The lowest BCUT2D eigenvalue weighted by Crippen LogP contribution is -2.61. The first-order valence-electron chi connectivity index (χ1n) is 8.17. The molecule has 116 valence electrons. The summed E-state index contributed by atoms with van der Waals surface area (Å²) in [6.45, 7) is 7.01. The number of rotatable bonds is 3. The standard InChI is InChI=1S/C18H22N2OS/c1-18(2)14(12-3-6-20(18)7-4-12)10-16(21)15-9-13-5-8-22-17(13)11-19-15/h5,8-9,11-12,14H,3-4,6-7,10H2,1-2H3/t14-/m1/s1. The minimum absolute atomic E-state index is 0.142. The lowest BCUT2D eigenvalue weighted by Gasteiger charge is -2.56. The van der Waals surface area contributed by atoms with E-state index >= 15 is 0 Å². The number of piperidine rings is 3. The molecule has 2 aromatic heterocycles. The van der Waals surface area contributed by atoms with Gasteiger partial charge in [0.15, 0.2) is 5.78 Å². The van der Waals surface area contributed by atoms with Gasteiger partial charge in [0.2, 0.25) is 0 Å². The summed E-state index contributed by atoms with van der Waals surface area (Å²) in [5.41, 5.74) is 0.779. The van der Waals surface area contributed by atoms with E-state index in [2.05, 4.69) is 35.2 Å². The highest BCUT2D eigenvalue weighted by Gasteiger charge is 2.47. The topological polar surface area (TPSA) is 33.2 Å². The zero-order valence-corrected chi connectivity index (χ0v) is 14.0. The lowest BCUT2D eigenvalue weighted by atomic mass is 9.65. The average Bonchev–Trinajstić information content (AvgIpc) is 2.98. The van der Waals surface area contributed by atoms with Crippen LogP contribution in [0.1, 0.15) is 43.6 Å². The summed E-state index contributed by atoms with van der Waals surface area (Å²) in [5, 5.41) is 3.19. The SMILES string of the molecule is CC1(C)[C@H](CC(=O)c2cc3ccsc3cn2)C2CCN1CC2. The van der Waals surface area contributed by atoms with Gasteiger partial charge in [-0.05, 0) is 74.5 Å². The van der Waals surface area contributed by atoms with Crippen LogP contribution < -0.4 is 0 Å². The fraction of sp³-hybridized carbons (Fsp3) is 0.556. The van der Waals surface area contributed by atoms with E-state index in [4.69, 9.17) is 0 Å². The fourth-order valence-corrected chi connectivity index (χ4v) is 5.17.